The van der Waals surface area contributed by atoms with Crippen molar-refractivity contribution in [1.82, 2.24) is 5.32 Å². The number of amides is 1. The maximum atomic E-state index is 11.8. The highest BCUT2D eigenvalue weighted by Crippen LogP contribution is 2.25. The maximum absolute atomic E-state index is 11.8. The van der Waals surface area contributed by atoms with Gasteiger partial charge in [0.15, 0.2) is 0 Å². The number of hydrogen-bond donors (Lipinski definition) is 2. The van der Waals surface area contributed by atoms with Crippen LogP contribution in [0.25, 0.3) is 0 Å². The van der Waals surface area contributed by atoms with Crippen LogP contribution in [-0.2, 0) is 4.79 Å². The molecule has 0 radical (unpaired) electrons. The van der Waals surface area contributed by atoms with Gasteiger partial charge in [-0.15, -0.1) is 0 Å². The van der Waals surface area contributed by atoms with E-state index in [0.29, 0.717) is 16.5 Å². The average molecular weight is 303 g/mol. The zero-order valence-corrected chi connectivity index (χ0v) is 12.8. The Balaban J connectivity index is 2.56. The molecule has 1 rings (SSSR count). The average Bonchev–Trinajstić information content (AvgIpc) is 2.32. The number of carbonyl (C=O) groups is 1. The predicted octanol–water partition coefficient (Wildman–Crippen LogP) is 3.69. The third-order valence-electron chi connectivity index (χ3n) is 2.93. The highest BCUT2D eigenvalue weighted by Gasteiger charge is 2.13. The summed E-state index contributed by atoms with van der Waals surface area (Å²) in [4.78, 5) is 11.8. The Morgan fingerprint density at radius 1 is 1.37 bits per heavy atom. The van der Waals surface area contributed by atoms with Crippen molar-refractivity contribution in [2.24, 2.45) is 5.73 Å². The minimum absolute atomic E-state index is 0.0421. The van der Waals surface area contributed by atoms with Gasteiger partial charge in [-0.3, -0.25) is 4.79 Å². The molecule has 2 unspecified atom stereocenters. The maximum Gasteiger partial charge on any atom is 0.222 e. The molecule has 1 aromatic rings. The van der Waals surface area contributed by atoms with Gasteiger partial charge in [0.05, 0.1) is 16.1 Å². The molecule has 0 aromatic heterocycles. The monoisotopic (exact) mass is 302 g/mol. The molecular formula is C14H20Cl2N2O. The summed E-state index contributed by atoms with van der Waals surface area (Å²) in [5.74, 6) is -0.0421. The number of halogens is 2. The van der Waals surface area contributed by atoms with E-state index >= 15 is 0 Å². The summed E-state index contributed by atoms with van der Waals surface area (Å²) in [6.45, 7) is 3.96. The summed E-state index contributed by atoms with van der Waals surface area (Å²) in [6, 6.07) is 5.15. The Morgan fingerprint density at radius 3 is 2.63 bits per heavy atom. The molecule has 3 N–H and O–H groups in total. The highest BCUT2D eigenvalue weighted by atomic mass is 35.5. The number of rotatable bonds is 6. The van der Waals surface area contributed by atoms with Gasteiger partial charge in [-0.25, -0.2) is 0 Å². The summed E-state index contributed by atoms with van der Waals surface area (Å²) >= 11 is 11.8. The summed E-state index contributed by atoms with van der Waals surface area (Å²) in [5, 5.41) is 3.91. The zero-order chi connectivity index (χ0) is 14.4. The molecule has 1 aromatic carbocycles. The number of nitrogens with one attached hydrogen (secondary N) is 1. The molecule has 0 heterocycles. The molecule has 0 fully saturated rings. The standard InChI is InChI=1S/C14H20Cl2N2O/c1-3-4-11(17)8-14(19)18-9(2)10-5-6-12(15)13(16)7-10/h5-7,9,11H,3-4,8,17H2,1-2H3,(H,18,19). The summed E-state index contributed by atoms with van der Waals surface area (Å²) in [6.07, 6.45) is 2.19. The van der Waals surface area contributed by atoms with E-state index in [4.69, 9.17) is 28.9 Å². The van der Waals surface area contributed by atoms with Gasteiger partial charge >= 0.3 is 0 Å². The van der Waals surface area contributed by atoms with Gasteiger partial charge in [0.1, 0.15) is 0 Å². The number of carbonyl (C=O) groups excluding carboxylic acids is 1. The van der Waals surface area contributed by atoms with E-state index in [1.54, 1.807) is 12.1 Å². The molecule has 0 saturated carbocycles. The third-order valence-corrected chi connectivity index (χ3v) is 3.67. The van der Waals surface area contributed by atoms with Crippen molar-refractivity contribution in [1.29, 1.82) is 0 Å². The lowest BCUT2D eigenvalue weighted by Gasteiger charge is -2.17. The molecule has 106 valence electrons. The SMILES string of the molecule is CCCC(N)CC(=O)NC(C)c1ccc(Cl)c(Cl)c1. The predicted molar refractivity (Wildman–Crippen MR) is 80.5 cm³/mol. The first kappa shape index (κ1) is 16.3. The summed E-state index contributed by atoms with van der Waals surface area (Å²) < 4.78 is 0. The zero-order valence-electron chi connectivity index (χ0n) is 11.2. The van der Waals surface area contributed by atoms with Crippen molar-refractivity contribution in [3.63, 3.8) is 0 Å². The van der Waals surface area contributed by atoms with Gasteiger partial charge < -0.3 is 11.1 Å². The Kier molecular flexibility index (Phi) is 6.63. The van der Waals surface area contributed by atoms with E-state index in [9.17, 15) is 4.79 Å². The van der Waals surface area contributed by atoms with Crippen LogP contribution in [0.15, 0.2) is 18.2 Å². The van der Waals surface area contributed by atoms with Gasteiger partial charge in [0, 0.05) is 12.5 Å². The van der Waals surface area contributed by atoms with Crippen molar-refractivity contribution in [3.8, 4) is 0 Å². The van der Waals surface area contributed by atoms with E-state index < -0.39 is 0 Å². The molecule has 0 aliphatic heterocycles. The molecule has 0 aliphatic rings. The van der Waals surface area contributed by atoms with E-state index in [0.717, 1.165) is 18.4 Å². The minimum atomic E-state index is -0.115. The van der Waals surface area contributed by atoms with Crippen LogP contribution in [0.3, 0.4) is 0 Å². The molecule has 19 heavy (non-hydrogen) atoms. The van der Waals surface area contributed by atoms with Crippen molar-refractivity contribution in [2.45, 2.75) is 45.2 Å². The minimum Gasteiger partial charge on any atom is -0.350 e. The molecule has 0 spiro atoms. The van der Waals surface area contributed by atoms with Gasteiger partial charge in [-0.05, 0) is 31.0 Å². The first-order valence-corrected chi connectivity index (χ1v) is 7.19. The summed E-state index contributed by atoms with van der Waals surface area (Å²) in [7, 11) is 0. The second-order valence-electron chi connectivity index (χ2n) is 4.72. The molecule has 3 nitrogen and oxygen atoms in total. The fourth-order valence-electron chi connectivity index (χ4n) is 1.88. The van der Waals surface area contributed by atoms with Crippen LogP contribution in [0.5, 0.6) is 0 Å². The lowest BCUT2D eigenvalue weighted by molar-refractivity contribution is -0.122. The van der Waals surface area contributed by atoms with Crippen LogP contribution < -0.4 is 11.1 Å². The van der Waals surface area contributed by atoms with Crippen molar-refractivity contribution in [3.05, 3.63) is 33.8 Å². The normalized spacial score (nSPS) is 13.9. The van der Waals surface area contributed by atoms with Crippen LogP contribution in [0.1, 0.15) is 44.7 Å². The van der Waals surface area contributed by atoms with E-state index in [-0.39, 0.29) is 18.0 Å². The molecule has 2 atom stereocenters. The Hall–Kier alpha value is -0.770. The third kappa shape index (κ3) is 5.39. The first-order valence-electron chi connectivity index (χ1n) is 6.44. The molecule has 0 saturated heterocycles. The van der Waals surface area contributed by atoms with Gasteiger partial charge in [-0.2, -0.15) is 0 Å². The van der Waals surface area contributed by atoms with Crippen LogP contribution >= 0.6 is 23.2 Å². The Labute approximate surface area is 124 Å². The van der Waals surface area contributed by atoms with Crippen molar-refractivity contribution >= 4 is 29.1 Å². The quantitative estimate of drug-likeness (QED) is 0.842. The second-order valence-corrected chi connectivity index (χ2v) is 5.53. The number of hydrogen-bond acceptors (Lipinski definition) is 2. The van der Waals surface area contributed by atoms with Crippen LogP contribution in [0.2, 0.25) is 10.0 Å². The van der Waals surface area contributed by atoms with E-state index in [2.05, 4.69) is 12.2 Å². The number of nitrogens with two attached hydrogens (primary N) is 1. The van der Waals surface area contributed by atoms with E-state index in [1.807, 2.05) is 13.0 Å². The first-order chi connectivity index (χ1) is 8.93. The molecular weight excluding hydrogens is 283 g/mol. The summed E-state index contributed by atoms with van der Waals surface area (Å²) in [5.41, 5.74) is 6.77. The smallest absolute Gasteiger partial charge is 0.222 e. The molecule has 0 bridgehead atoms. The van der Waals surface area contributed by atoms with Crippen LogP contribution in [-0.4, -0.2) is 11.9 Å². The second kappa shape index (κ2) is 7.73. The topological polar surface area (TPSA) is 55.1 Å². The molecule has 1 amide bonds. The van der Waals surface area contributed by atoms with Gasteiger partial charge in [-0.1, -0.05) is 42.6 Å². The lowest BCUT2D eigenvalue weighted by atomic mass is 10.1. The lowest BCUT2D eigenvalue weighted by Crippen LogP contribution is -2.33. The Morgan fingerprint density at radius 2 is 2.05 bits per heavy atom. The molecule has 5 heteroatoms. The van der Waals surface area contributed by atoms with Crippen LogP contribution in [0.4, 0.5) is 0 Å². The largest absolute Gasteiger partial charge is 0.350 e. The number of benzene rings is 1. The van der Waals surface area contributed by atoms with E-state index in [1.165, 1.54) is 0 Å². The van der Waals surface area contributed by atoms with Gasteiger partial charge in [0.25, 0.3) is 0 Å². The van der Waals surface area contributed by atoms with Crippen molar-refractivity contribution < 1.29 is 4.79 Å². The van der Waals surface area contributed by atoms with Gasteiger partial charge in [0.2, 0.25) is 5.91 Å². The Bertz CT molecular complexity index is 437. The molecule has 0 aliphatic carbocycles. The fourth-order valence-corrected chi connectivity index (χ4v) is 2.18. The van der Waals surface area contributed by atoms with Crippen molar-refractivity contribution in [2.75, 3.05) is 0 Å². The highest BCUT2D eigenvalue weighted by molar-refractivity contribution is 6.42. The fraction of sp³-hybridized carbons (Fsp3) is 0.500. The van der Waals surface area contributed by atoms with Crippen LogP contribution in [0, 0.1) is 0 Å².